The first-order valence-corrected chi connectivity index (χ1v) is 10.4. The maximum Gasteiger partial charge on any atom is 0.229 e. The summed E-state index contributed by atoms with van der Waals surface area (Å²) in [6.07, 6.45) is 3.87. The maximum absolute atomic E-state index is 13.5. The smallest absolute Gasteiger partial charge is 0.229 e. The van der Waals surface area contributed by atoms with Gasteiger partial charge in [0.15, 0.2) is 0 Å². The van der Waals surface area contributed by atoms with Gasteiger partial charge in [0, 0.05) is 29.4 Å². The van der Waals surface area contributed by atoms with E-state index >= 15 is 0 Å². The van der Waals surface area contributed by atoms with Gasteiger partial charge in [-0.25, -0.2) is 0 Å². The van der Waals surface area contributed by atoms with Crippen molar-refractivity contribution in [2.45, 2.75) is 18.8 Å². The first-order valence-electron chi connectivity index (χ1n) is 10.4. The van der Waals surface area contributed by atoms with Crippen molar-refractivity contribution in [2.75, 3.05) is 5.32 Å². The Morgan fingerprint density at radius 1 is 0.710 bits per heavy atom. The van der Waals surface area contributed by atoms with Crippen LogP contribution >= 0.6 is 0 Å². The molecule has 0 heterocycles. The Labute approximate surface area is 182 Å². The number of carbonyl (C=O) groups is 2. The Morgan fingerprint density at radius 2 is 1.19 bits per heavy atom. The van der Waals surface area contributed by atoms with Gasteiger partial charge in [-0.1, -0.05) is 90.5 Å². The highest BCUT2D eigenvalue weighted by Crippen LogP contribution is 2.44. The van der Waals surface area contributed by atoms with Gasteiger partial charge in [-0.3, -0.25) is 4.79 Å². The van der Waals surface area contributed by atoms with Gasteiger partial charge in [0.2, 0.25) is 5.91 Å². The lowest BCUT2D eigenvalue weighted by Crippen LogP contribution is -2.47. The molecule has 156 valence electrons. The summed E-state index contributed by atoms with van der Waals surface area (Å²) >= 11 is 0. The first-order chi connectivity index (χ1) is 15.0. The van der Waals surface area contributed by atoms with E-state index in [4.69, 9.17) is 0 Å². The lowest BCUT2D eigenvalue weighted by molar-refractivity contribution is -0.313. The van der Waals surface area contributed by atoms with E-state index < -0.39 is 23.7 Å². The highest BCUT2D eigenvalue weighted by atomic mass is 16.4. The molecule has 0 spiro atoms. The summed E-state index contributed by atoms with van der Waals surface area (Å²) in [5.41, 5.74) is 3.48. The van der Waals surface area contributed by atoms with Crippen LogP contribution in [-0.4, -0.2) is 11.9 Å². The zero-order valence-electron chi connectivity index (χ0n) is 17.3. The van der Waals surface area contributed by atoms with Crippen molar-refractivity contribution in [2.24, 2.45) is 11.8 Å². The van der Waals surface area contributed by atoms with Gasteiger partial charge < -0.3 is 15.2 Å². The third kappa shape index (κ3) is 4.43. The SMILES string of the molecule is Cc1ccc(NC(=O)[C@H]2[C@@H](C(=O)[O-])[C@@H](c3ccccc3)C=C[C@@H]2c2ccccc2)cc1. The summed E-state index contributed by atoms with van der Waals surface area (Å²) in [6.45, 7) is 1.97. The average molecular weight is 410 g/mol. The van der Waals surface area contributed by atoms with E-state index in [-0.39, 0.29) is 11.8 Å². The molecule has 31 heavy (non-hydrogen) atoms. The Kier molecular flexibility index (Phi) is 5.99. The molecule has 0 saturated heterocycles. The van der Waals surface area contributed by atoms with E-state index in [1.54, 1.807) is 0 Å². The number of carboxylic acids is 1. The number of allylic oxidation sites excluding steroid dienone is 2. The van der Waals surface area contributed by atoms with Crippen molar-refractivity contribution in [3.63, 3.8) is 0 Å². The number of anilines is 1. The van der Waals surface area contributed by atoms with E-state index in [1.165, 1.54) is 0 Å². The topological polar surface area (TPSA) is 69.2 Å². The van der Waals surface area contributed by atoms with Crippen molar-refractivity contribution in [1.29, 1.82) is 0 Å². The standard InChI is InChI=1S/C27H25NO3/c1-18-12-14-21(15-13-18)28-26(29)24-22(19-8-4-2-5-9-19)16-17-23(25(24)27(30)31)20-10-6-3-7-11-20/h2-17,22-25H,1H3,(H,28,29)(H,30,31)/p-1/t22-,23-,24-,25+/m1/s1. The number of carboxylic acid groups (broad SMARTS) is 1. The normalized spacial score (nSPS) is 22.6. The summed E-state index contributed by atoms with van der Waals surface area (Å²) in [6, 6.07) is 26.4. The molecule has 1 amide bonds. The fourth-order valence-electron chi connectivity index (χ4n) is 4.39. The van der Waals surface area contributed by atoms with E-state index in [0.29, 0.717) is 5.69 Å². The van der Waals surface area contributed by atoms with Gasteiger partial charge >= 0.3 is 0 Å². The summed E-state index contributed by atoms with van der Waals surface area (Å²) in [7, 11) is 0. The minimum atomic E-state index is -1.22. The predicted octanol–water partition coefficient (Wildman–Crippen LogP) is 4.05. The van der Waals surface area contributed by atoms with Gasteiger partial charge in [0.1, 0.15) is 0 Å². The number of carbonyl (C=O) groups excluding carboxylic acids is 2. The average Bonchev–Trinajstić information content (AvgIpc) is 2.80. The van der Waals surface area contributed by atoms with Crippen LogP contribution in [0.25, 0.3) is 0 Å². The molecule has 0 bridgehead atoms. The van der Waals surface area contributed by atoms with Crippen molar-refractivity contribution in [1.82, 2.24) is 0 Å². The number of rotatable bonds is 5. The zero-order valence-corrected chi connectivity index (χ0v) is 17.3. The molecule has 0 saturated carbocycles. The van der Waals surface area contributed by atoms with Crippen LogP contribution in [0.1, 0.15) is 28.5 Å². The molecule has 4 rings (SSSR count). The zero-order chi connectivity index (χ0) is 21.8. The lowest BCUT2D eigenvalue weighted by atomic mass is 9.66. The number of benzene rings is 3. The molecule has 0 aliphatic heterocycles. The molecule has 1 aliphatic carbocycles. The fraction of sp³-hybridized carbons (Fsp3) is 0.185. The van der Waals surface area contributed by atoms with Crippen LogP contribution in [0.4, 0.5) is 5.69 Å². The van der Waals surface area contributed by atoms with E-state index in [0.717, 1.165) is 16.7 Å². The van der Waals surface area contributed by atoms with Crippen LogP contribution in [-0.2, 0) is 9.59 Å². The number of amides is 1. The summed E-state index contributed by atoms with van der Waals surface area (Å²) < 4.78 is 0. The van der Waals surface area contributed by atoms with Crippen molar-refractivity contribution in [3.8, 4) is 0 Å². The second kappa shape index (κ2) is 9.00. The van der Waals surface area contributed by atoms with Crippen LogP contribution in [0.5, 0.6) is 0 Å². The van der Waals surface area contributed by atoms with E-state index in [2.05, 4.69) is 5.32 Å². The molecule has 1 N–H and O–H groups in total. The molecule has 4 atom stereocenters. The van der Waals surface area contributed by atoms with Crippen LogP contribution in [0, 0.1) is 18.8 Å². The Balaban J connectivity index is 1.76. The number of hydrogen-bond acceptors (Lipinski definition) is 3. The molecular weight excluding hydrogens is 386 g/mol. The van der Waals surface area contributed by atoms with Gasteiger partial charge in [0.05, 0.1) is 5.92 Å². The highest BCUT2D eigenvalue weighted by Gasteiger charge is 2.42. The quantitative estimate of drug-likeness (QED) is 0.645. The fourth-order valence-corrected chi connectivity index (χ4v) is 4.39. The van der Waals surface area contributed by atoms with Crippen molar-refractivity contribution >= 4 is 17.6 Å². The molecule has 0 aromatic heterocycles. The number of aliphatic carboxylic acids is 1. The third-order valence-electron chi connectivity index (χ3n) is 5.95. The number of aryl methyl sites for hydroxylation is 1. The van der Waals surface area contributed by atoms with Crippen LogP contribution in [0.2, 0.25) is 0 Å². The third-order valence-corrected chi connectivity index (χ3v) is 5.95. The molecule has 3 aromatic carbocycles. The van der Waals surface area contributed by atoms with E-state index in [9.17, 15) is 14.7 Å². The molecule has 0 fully saturated rings. The molecular formula is C27H24NO3-. The molecule has 4 heteroatoms. The minimum absolute atomic E-state index is 0.322. The predicted molar refractivity (Wildman–Crippen MR) is 119 cm³/mol. The maximum atomic E-state index is 13.5. The number of nitrogens with one attached hydrogen (secondary N) is 1. The van der Waals surface area contributed by atoms with Crippen LogP contribution in [0.3, 0.4) is 0 Å². The Bertz CT molecular complexity index is 1070. The number of hydrogen-bond donors (Lipinski definition) is 1. The Hall–Kier alpha value is -3.66. The first kappa shape index (κ1) is 20.6. The Morgan fingerprint density at radius 3 is 1.68 bits per heavy atom. The lowest BCUT2D eigenvalue weighted by Gasteiger charge is -2.40. The molecule has 3 aromatic rings. The molecule has 0 unspecified atom stereocenters. The summed E-state index contributed by atoms with van der Waals surface area (Å²) in [5, 5.41) is 15.3. The summed E-state index contributed by atoms with van der Waals surface area (Å²) in [5.74, 6) is -4.17. The van der Waals surface area contributed by atoms with Gasteiger partial charge in [-0.2, -0.15) is 0 Å². The largest absolute Gasteiger partial charge is 0.550 e. The molecule has 1 aliphatic rings. The van der Waals surface area contributed by atoms with Gasteiger partial charge in [-0.05, 0) is 30.2 Å². The second-order valence-electron chi connectivity index (χ2n) is 7.98. The van der Waals surface area contributed by atoms with E-state index in [1.807, 2.05) is 104 Å². The van der Waals surface area contributed by atoms with Gasteiger partial charge in [-0.15, -0.1) is 0 Å². The second-order valence-corrected chi connectivity index (χ2v) is 7.98. The van der Waals surface area contributed by atoms with Crippen LogP contribution < -0.4 is 10.4 Å². The van der Waals surface area contributed by atoms with Crippen molar-refractivity contribution < 1.29 is 14.7 Å². The highest BCUT2D eigenvalue weighted by molar-refractivity contribution is 5.96. The van der Waals surface area contributed by atoms with Crippen molar-refractivity contribution in [3.05, 3.63) is 114 Å². The molecule has 4 nitrogen and oxygen atoms in total. The monoisotopic (exact) mass is 410 g/mol. The van der Waals surface area contributed by atoms with Crippen LogP contribution in [0.15, 0.2) is 97.1 Å². The minimum Gasteiger partial charge on any atom is -0.550 e. The summed E-state index contributed by atoms with van der Waals surface area (Å²) in [4.78, 5) is 25.9. The molecule has 0 radical (unpaired) electrons. The van der Waals surface area contributed by atoms with Gasteiger partial charge in [0.25, 0.3) is 0 Å².